The molecule has 2 unspecified atom stereocenters. The Morgan fingerprint density at radius 3 is 2.63 bits per heavy atom. The van der Waals surface area contributed by atoms with Crippen LogP contribution in [-0.2, 0) is 11.2 Å². The van der Waals surface area contributed by atoms with Crippen LogP contribution < -0.4 is 5.73 Å². The number of methoxy groups -OCH3 is 1. The quantitative estimate of drug-likeness (QED) is 0.853. The number of benzene rings is 1. The summed E-state index contributed by atoms with van der Waals surface area (Å²) in [6.45, 7) is 5.05. The first-order valence-corrected chi connectivity index (χ1v) is 7.26. The molecule has 0 radical (unpaired) electrons. The summed E-state index contributed by atoms with van der Waals surface area (Å²) in [5.74, 6) is 0. The first kappa shape index (κ1) is 14.5. The second-order valence-electron chi connectivity index (χ2n) is 5.54. The van der Waals surface area contributed by atoms with Crippen molar-refractivity contribution in [2.45, 2.75) is 37.8 Å². The Hall–Kier alpha value is -0.900. The van der Waals surface area contributed by atoms with Crippen LogP contribution in [0.2, 0.25) is 0 Å². The van der Waals surface area contributed by atoms with Gasteiger partial charge in [0.2, 0.25) is 0 Å². The van der Waals surface area contributed by atoms with E-state index in [1.807, 2.05) is 0 Å². The fraction of sp³-hybridized carbons (Fsp3) is 0.625. The van der Waals surface area contributed by atoms with Crippen molar-refractivity contribution in [1.82, 2.24) is 4.90 Å². The first-order valence-electron chi connectivity index (χ1n) is 7.26. The topological polar surface area (TPSA) is 38.5 Å². The predicted octanol–water partition coefficient (Wildman–Crippen LogP) is 2.06. The number of nitrogens with zero attached hydrogens (tertiary/aromatic N) is 1. The molecule has 0 saturated carbocycles. The van der Waals surface area contributed by atoms with Crippen LogP contribution in [0.15, 0.2) is 30.3 Å². The monoisotopic (exact) mass is 262 g/mol. The Balaban J connectivity index is 2.13. The van der Waals surface area contributed by atoms with Crippen molar-refractivity contribution in [2.75, 3.05) is 26.7 Å². The van der Waals surface area contributed by atoms with Gasteiger partial charge in [0.25, 0.3) is 0 Å². The van der Waals surface area contributed by atoms with E-state index in [0.29, 0.717) is 12.6 Å². The maximum absolute atomic E-state index is 6.15. The van der Waals surface area contributed by atoms with Crippen molar-refractivity contribution >= 4 is 0 Å². The summed E-state index contributed by atoms with van der Waals surface area (Å²) in [6.07, 6.45) is 3.59. The van der Waals surface area contributed by atoms with Crippen LogP contribution in [0.25, 0.3) is 0 Å². The lowest BCUT2D eigenvalue weighted by molar-refractivity contribution is 0.0707. The molecule has 0 spiro atoms. The molecule has 1 aliphatic heterocycles. The van der Waals surface area contributed by atoms with Gasteiger partial charge < -0.3 is 10.5 Å². The van der Waals surface area contributed by atoms with E-state index in [-0.39, 0.29) is 5.54 Å². The molecule has 1 heterocycles. The maximum atomic E-state index is 6.15. The summed E-state index contributed by atoms with van der Waals surface area (Å²) < 4.78 is 5.49. The highest BCUT2D eigenvalue weighted by molar-refractivity contribution is 5.18. The zero-order valence-corrected chi connectivity index (χ0v) is 12.1. The third-order valence-corrected chi connectivity index (χ3v) is 4.56. The van der Waals surface area contributed by atoms with Gasteiger partial charge in [0.05, 0.1) is 6.10 Å². The molecular weight excluding hydrogens is 236 g/mol. The van der Waals surface area contributed by atoms with Gasteiger partial charge >= 0.3 is 0 Å². The van der Waals surface area contributed by atoms with Crippen LogP contribution in [0.3, 0.4) is 0 Å². The van der Waals surface area contributed by atoms with Crippen LogP contribution in [-0.4, -0.2) is 43.3 Å². The molecule has 1 saturated heterocycles. The molecule has 1 aromatic carbocycles. The van der Waals surface area contributed by atoms with Crippen molar-refractivity contribution in [3.05, 3.63) is 35.9 Å². The minimum Gasteiger partial charge on any atom is -0.380 e. The van der Waals surface area contributed by atoms with E-state index in [2.05, 4.69) is 42.2 Å². The molecule has 0 amide bonds. The SMILES string of the molecule is CCC(CN)(Cc1ccccc1)N1CCC(OC)C1. The molecule has 106 valence electrons. The minimum atomic E-state index is 0.0780. The van der Waals surface area contributed by atoms with Crippen LogP contribution >= 0.6 is 0 Å². The van der Waals surface area contributed by atoms with Gasteiger partial charge in [0.15, 0.2) is 0 Å². The second-order valence-corrected chi connectivity index (χ2v) is 5.54. The van der Waals surface area contributed by atoms with E-state index in [1.54, 1.807) is 7.11 Å². The highest BCUT2D eigenvalue weighted by Crippen LogP contribution is 2.28. The predicted molar refractivity (Wildman–Crippen MR) is 79.2 cm³/mol. The Kier molecular flexibility index (Phi) is 4.97. The van der Waals surface area contributed by atoms with Crippen molar-refractivity contribution in [2.24, 2.45) is 5.73 Å². The molecule has 0 aliphatic carbocycles. The maximum Gasteiger partial charge on any atom is 0.0710 e. The zero-order valence-electron chi connectivity index (χ0n) is 12.1. The Labute approximate surface area is 116 Å². The van der Waals surface area contributed by atoms with Crippen molar-refractivity contribution < 1.29 is 4.74 Å². The third kappa shape index (κ3) is 3.16. The molecule has 2 atom stereocenters. The van der Waals surface area contributed by atoms with Crippen molar-refractivity contribution in [3.63, 3.8) is 0 Å². The summed E-state index contributed by atoms with van der Waals surface area (Å²) in [4.78, 5) is 2.54. The second kappa shape index (κ2) is 6.51. The summed E-state index contributed by atoms with van der Waals surface area (Å²) in [7, 11) is 1.81. The number of hydrogen-bond acceptors (Lipinski definition) is 3. The highest BCUT2D eigenvalue weighted by Gasteiger charge is 2.38. The molecule has 1 aromatic rings. The number of hydrogen-bond donors (Lipinski definition) is 1. The van der Waals surface area contributed by atoms with Crippen LogP contribution in [0.5, 0.6) is 0 Å². The van der Waals surface area contributed by atoms with Gasteiger partial charge in [-0.3, -0.25) is 4.90 Å². The van der Waals surface area contributed by atoms with E-state index in [9.17, 15) is 0 Å². The Bertz CT molecular complexity index is 376. The van der Waals surface area contributed by atoms with E-state index in [4.69, 9.17) is 10.5 Å². The van der Waals surface area contributed by atoms with E-state index >= 15 is 0 Å². The number of likely N-dealkylation sites (tertiary alicyclic amines) is 1. The van der Waals surface area contributed by atoms with Gasteiger partial charge in [0, 0.05) is 32.3 Å². The number of nitrogens with two attached hydrogens (primary N) is 1. The Morgan fingerprint density at radius 2 is 2.11 bits per heavy atom. The van der Waals surface area contributed by atoms with Crippen LogP contribution in [0.4, 0.5) is 0 Å². The molecule has 0 aromatic heterocycles. The number of ether oxygens (including phenoxy) is 1. The first-order chi connectivity index (χ1) is 9.24. The Morgan fingerprint density at radius 1 is 1.37 bits per heavy atom. The summed E-state index contributed by atoms with van der Waals surface area (Å²) in [6, 6.07) is 10.7. The van der Waals surface area contributed by atoms with Gasteiger partial charge in [-0.05, 0) is 24.8 Å². The molecule has 3 nitrogen and oxygen atoms in total. The summed E-state index contributed by atoms with van der Waals surface area (Å²) in [5.41, 5.74) is 7.60. The van der Waals surface area contributed by atoms with E-state index in [0.717, 1.165) is 32.4 Å². The van der Waals surface area contributed by atoms with Gasteiger partial charge in [0.1, 0.15) is 0 Å². The lowest BCUT2D eigenvalue weighted by atomic mass is 9.86. The molecule has 19 heavy (non-hydrogen) atoms. The van der Waals surface area contributed by atoms with Crippen molar-refractivity contribution in [1.29, 1.82) is 0 Å². The minimum absolute atomic E-state index is 0.0780. The lowest BCUT2D eigenvalue weighted by Gasteiger charge is -2.41. The third-order valence-electron chi connectivity index (χ3n) is 4.56. The molecule has 3 heteroatoms. The number of rotatable bonds is 6. The standard InChI is InChI=1S/C16H26N2O/c1-3-16(13-17,11-14-7-5-4-6-8-14)18-10-9-15(12-18)19-2/h4-8,15H,3,9-13,17H2,1-2H3. The lowest BCUT2D eigenvalue weighted by Crippen LogP contribution is -2.54. The molecule has 2 rings (SSSR count). The van der Waals surface area contributed by atoms with E-state index in [1.165, 1.54) is 5.56 Å². The zero-order chi connectivity index (χ0) is 13.7. The molecule has 1 fully saturated rings. The van der Waals surface area contributed by atoms with E-state index < -0.39 is 0 Å². The van der Waals surface area contributed by atoms with Crippen LogP contribution in [0.1, 0.15) is 25.3 Å². The normalized spacial score (nSPS) is 23.4. The molecule has 2 N–H and O–H groups in total. The smallest absolute Gasteiger partial charge is 0.0710 e. The molecular formula is C16H26N2O. The fourth-order valence-electron chi connectivity index (χ4n) is 3.13. The fourth-order valence-corrected chi connectivity index (χ4v) is 3.13. The summed E-state index contributed by atoms with van der Waals surface area (Å²) in [5, 5.41) is 0. The largest absolute Gasteiger partial charge is 0.380 e. The highest BCUT2D eigenvalue weighted by atomic mass is 16.5. The molecule has 1 aliphatic rings. The summed E-state index contributed by atoms with van der Waals surface area (Å²) >= 11 is 0. The van der Waals surface area contributed by atoms with Gasteiger partial charge in [-0.25, -0.2) is 0 Å². The van der Waals surface area contributed by atoms with Gasteiger partial charge in [-0.1, -0.05) is 37.3 Å². The van der Waals surface area contributed by atoms with Crippen LogP contribution in [0, 0.1) is 0 Å². The average molecular weight is 262 g/mol. The average Bonchev–Trinajstić information content (AvgIpc) is 2.95. The molecule has 0 bridgehead atoms. The van der Waals surface area contributed by atoms with Gasteiger partial charge in [-0.15, -0.1) is 0 Å². The van der Waals surface area contributed by atoms with Crippen molar-refractivity contribution in [3.8, 4) is 0 Å². The van der Waals surface area contributed by atoms with Gasteiger partial charge in [-0.2, -0.15) is 0 Å².